The summed E-state index contributed by atoms with van der Waals surface area (Å²) in [4.78, 5) is 11.2. The molecule has 2 aromatic rings. The monoisotopic (exact) mass is 246 g/mol. The highest BCUT2D eigenvalue weighted by Crippen LogP contribution is 2.32. The Balaban J connectivity index is 2.24. The number of carboxylic acids is 1. The Labute approximate surface area is 103 Å². The number of benzene rings is 1. The van der Waals surface area contributed by atoms with Crippen molar-refractivity contribution < 1.29 is 14.3 Å². The Bertz CT molecular complexity index is 634. The van der Waals surface area contributed by atoms with E-state index < -0.39 is 5.97 Å². The molecule has 4 nitrogen and oxygen atoms in total. The Hall–Kier alpha value is -2.17. The van der Waals surface area contributed by atoms with Gasteiger partial charge in [0.2, 0.25) is 0 Å². The molecular formula is C13H11FN2O2. The minimum absolute atomic E-state index is 0.00954. The number of hydrogen-bond acceptors (Lipinski definition) is 2. The lowest BCUT2D eigenvalue weighted by Gasteiger charge is -2.02. The van der Waals surface area contributed by atoms with Crippen molar-refractivity contribution in [2.75, 3.05) is 0 Å². The average Bonchev–Trinajstić information content (AvgIpc) is 2.87. The van der Waals surface area contributed by atoms with Crippen LogP contribution < -0.4 is 0 Å². The summed E-state index contributed by atoms with van der Waals surface area (Å²) in [5, 5.41) is 13.3. The van der Waals surface area contributed by atoms with E-state index in [-0.39, 0.29) is 11.5 Å². The van der Waals surface area contributed by atoms with Gasteiger partial charge in [0.15, 0.2) is 5.69 Å². The van der Waals surface area contributed by atoms with Crippen LogP contribution in [-0.4, -0.2) is 20.9 Å². The molecule has 1 aromatic carbocycles. The fourth-order valence-electron chi connectivity index (χ4n) is 2.43. The van der Waals surface area contributed by atoms with Gasteiger partial charge >= 0.3 is 5.97 Å². The van der Waals surface area contributed by atoms with Crippen molar-refractivity contribution in [3.63, 3.8) is 0 Å². The molecule has 0 spiro atoms. The van der Waals surface area contributed by atoms with Crippen LogP contribution in [0.25, 0.3) is 11.1 Å². The van der Waals surface area contributed by atoms with E-state index in [4.69, 9.17) is 0 Å². The molecule has 3 rings (SSSR count). The second-order valence-corrected chi connectivity index (χ2v) is 4.31. The smallest absolute Gasteiger partial charge is 0.357 e. The third-order valence-electron chi connectivity index (χ3n) is 3.16. The van der Waals surface area contributed by atoms with Crippen molar-refractivity contribution in [1.29, 1.82) is 0 Å². The van der Waals surface area contributed by atoms with Crippen LogP contribution in [0.5, 0.6) is 0 Å². The number of nitrogens with zero attached hydrogens (tertiary/aromatic N) is 2. The van der Waals surface area contributed by atoms with Crippen LogP contribution in [0.15, 0.2) is 24.3 Å². The van der Waals surface area contributed by atoms with Crippen LogP contribution in [0.1, 0.15) is 22.6 Å². The molecule has 0 bridgehead atoms. The minimum atomic E-state index is -1.07. The molecule has 0 amide bonds. The summed E-state index contributed by atoms with van der Waals surface area (Å²) in [5.41, 5.74) is 2.03. The normalized spacial score (nSPS) is 13.6. The predicted molar refractivity (Wildman–Crippen MR) is 62.9 cm³/mol. The summed E-state index contributed by atoms with van der Waals surface area (Å²) >= 11 is 0. The lowest BCUT2D eigenvalue weighted by Crippen LogP contribution is -2.02. The zero-order valence-corrected chi connectivity index (χ0v) is 9.56. The van der Waals surface area contributed by atoms with Crippen LogP contribution in [-0.2, 0) is 13.0 Å². The maximum absolute atomic E-state index is 13.3. The zero-order valence-electron chi connectivity index (χ0n) is 9.56. The van der Waals surface area contributed by atoms with Crippen molar-refractivity contribution >= 4 is 5.97 Å². The van der Waals surface area contributed by atoms with Crippen LogP contribution in [0, 0.1) is 5.82 Å². The molecule has 5 heteroatoms. The third-order valence-corrected chi connectivity index (χ3v) is 3.16. The average molecular weight is 246 g/mol. The number of aryl methyl sites for hydroxylation is 1. The number of aromatic carboxylic acids is 1. The number of carboxylic acid groups (broad SMARTS) is 1. The standard InChI is InChI=1S/C13H11FN2O2/c14-9-4-1-3-8(7-9)11-10-5-2-6-16(10)15-12(11)13(17)18/h1,3-4,7H,2,5-6H2,(H,17,18). The van der Waals surface area contributed by atoms with Gasteiger partial charge in [0.05, 0.1) is 0 Å². The largest absolute Gasteiger partial charge is 0.476 e. The van der Waals surface area contributed by atoms with Gasteiger partial charge in [-0.1, -0.05) is 12.1 Å². The van der Waals surface area contributed by atoms with Gasteiger partial charge in [0, 0.05) is 17.8 Å². The van der Waals surface area contributed by atoms with Crippen LogP contribution in [0.2, 0.25) is 0 Å². The molecule has 0 radical (unpaired) electrons. The summed E-state index contributed by atoms with van der Waals surface area (Å²) < 4.78 is 15.0. The molecule has 0 unspecified atom stereocenters. The highest BCUT2D eigenvalue weighted by molar-refractivity contribution is 5.95. The summed E-state index contributed by atoms with van der Waals surface area (Å²) in [6, 6.07) is 5.98. The van der Waals surface area contributed by atoms with E-state index in [0.717, 1.165) is 25.1 Å². The molecule has 1 aromatic heterocycles. The molecule has 2 heterocycles. The third kappa shape index (κ3) is 1.59. The molecule has 92 valence electrons. The first-order valence-corrected chi connectivity index (χ1v) is 5.76. The second-order valence-electron chi connectivity index (χ2n) is 4.31. The van der Waals surface area contributed by atoms with E-state index in [0.29, 0.717) is 11.1 Å². The fourth-order valence-corrected chi connectivity index (χ4v) is 2.43. The minimum Gasteiger partial charge on any atom is -0.476 e. The molecule has 1 N–H and O–H groups in total. The van der Waals surface area contributed by atoms with Gasteiger partial charge in [-0.3, -0.25) is 4.68 Å². The summed E-state index contributed by atoms with van der Waals surface area (Å²) in [6.45, 7) is 0.727. The molecule has 0 aliphatic carbocycles. The second kappa shape index (κ2) is 3.94. The van der Waals surface area contributed by atoms with Crippen LogP contribution in [0.4, 0.5) is 4.39 Å². The van der Waals surface area contributed by atoms with Gasteiger partial charge in [0.1, 0.15) is 5.82 Å². The molecule has 1 aliphatic rings. The highest BCUT2D eigenvalue weighted by atomic mass is 19.1. The van der Waals surface area contributed by atoms with Crippen molar-refractivity contribution in [3.05, 3.63) is 41.5 Å². The highest BCUT2D eigenvalue weighted by Gasteiger charge is 2.26. The SMILES string of the molecule is O=C(O)c1nn2c(c1-c1cccc(F)c1)CCC2. The van der Waals surface area contributed by atoms with Gasteiger partial charge < -0.3 is 5.11 Å². The zero-order chi connectivity index (χ0) is 12.7. The number of rotatable bonds is 2. The summed E-state index contributed by atoms with van der Waals surface area (Å²) in [5.74, 6) is -1.45. The first-order chi connectivity index (χ1) is 8.66. The lowest BCUT2D eigenvalue weighted by molar-refractivity contribution is 0.0690. The fraction of sp³-hybridized carbons (Fsp3) is 0.231. The van der Waals surface area contributed by atoms with Gasteiger partial charge in [-0.05, 0) is 30.5 Å². The summed E-state index contributed by atoms with van der Waals surface area (Å²) in [6.07, 6.45) is 1.73. The van der Waals surface area contributed by atoms with Crippen LogP contribution in [0.3, 0.4) is 0 Å². The van der Waals surface area contributed by atoms with E-state index in [2.05, 4.69) is 5.10 Å². The first-order valence-electron chi connectivity index (χ1n) is 5.76. The maximum Gasteiger partial charge on any atom is 0.357 e. The van der Waals surface area contributed by atoms with Gasteiger partial charge in [-0.15, -0.1) is 0 Å². The first kappa shape index (κ1) is 11.0. The molecule has 18 heavy (non-hydrogen) atoms. The van der Waals surface area contributed by atoms with Crippen molar-refractivity contribution in [1.82, 2.24) is 9.78 Å². The number of hydrogen-bond donors (Lipinski definition) is 1. The number of carbonyl (C=O) groups is 1. The molecule has 0 atom stereocenters. The lowest BCUT2D eigenvalue weighted by atomic mass is 10.0. The number of aromatic nitrogens is 2. The quantitative estimate of drug-likeness (QED) is 0.884. The molecule has 0 saturated heterocycles. The molecule has 0 fully saturated rings. The van der Waals surface area contributed by atoms with Crippen LogP contribution >= 0.6 is 0 Å². The maximum atomic E-state index is 13.3. The Morgan fingerprint density at radius 3 is 3.00 bits per heavy atom. The van der Waals surface area contributed by atoms with E-state index in [9.17, 15) is 14.3 Å². The van der Waals surface area contributed by atoms with E-state index in [1.54, 1.807) is 16.8 Å². The number of fused-ring (bicyclic) bond motifs is 1. The molecule has 0 saturated carbocycles. The van der Waals surface area contributed by atoms with E-state index >= 15 is 0 Å². The molecule has 1 aliphatic heterocycles. The van der Waals surface area contributed by atoms with Crippen molar-refractivity contribution in [2.45, 2.75) is 19.4 Å². The van der Waals surface area contributed by atoms with Gasteiger partial charge in [-0.25, -0.2) is 9.18 Å². The Morgan fingerprint density at radius 2 is 2.28 bits per heavy atom. The van der Waals surface area contributed by atoms with Gasteiger partial charge in [-0.2, -0.15) is 5.10 Å². The van der Waals surface area contributed by atoms with E-state index in [1.165, 1.54) is 12.1 Å². The predicted octanol–water partition coefficient (Wildman–Crippen LogP) is 2.33. The topological polar surface area (TPSA) is 55.1 Å². The summed E-state index contributed by atoms with van der Waals surface area (Å²) in [7, 11) is 0. The molecular weight excluding hydrogens is 235 g/mol. The Kier molecular flexibility index (Phi) is 2.40. The number of halogens is 1. The van der Waals surface area contributed by atoms with Crippen molar-refractivity contribution in [3.8, 4) is 11.1 Å². The van der Waals surface area contributed by atoms with E-state index in [1.807, 2.05) is 0 Å². The Morgan fingerprint density at radius 1 is 1.44 bits per heavy atom. The van der Waals surface area contributed by atoms with Gasteiger partial charge in [0.25, 0.3) is 0 Å². The van der Waals surface area contributed by atoms with Crippen molar-refractivity contribution in [2.24, 2.45) is 0 Å².